The molecule has 1 aliphatic heterocycles. The Morgan fingerprint density at radius 1 is 1.03 bits per heavy atom. The molecule has 0 amide bonds. The minimum Gasteiger partial charge on any atom is -0.366 e. The van der Waals surface area contributed by atoms with Crippen molar-refractivity contribution in [2.75, 3.05) is 24.5 Å². The maximum absolute atomic E-state index is 4.70. The lowest BCUT2D eigenvalue weighted by atomic mass is 10.0. The van der Waals surface area contributed by atoms with Crippen LogP contribution in [0.4, 0.5) is 5.69 Å². The average Bonchev–Trinajstić information content (AvgIpc) is 3.29. The average molecular weight is 386 g/mol. The van der Waals surface area contributed by atoms with Crippen LogP contribution in [0.3, 0.4) is 0 Å². The van der Waals surface area contributed by atoms with Gasteiger partial charge >= 0.3 is 0 Å². The molecule has 0 spiro atoms. The Labute approximate surface area is 171 Å². The Morgan fingerprint density at radius 3 is 2.72 bits per heavy atom. The van der Waals surface area contributed by atoms with Crippen molar-refractivity contribution >= 4 is 16.6 Å². The summed E-state index contributed by atoms with van der Waals surface area (Å²) in [5.41, 5.74) is 7.37. The van der Waals surface area contributed by atoms with Crippen molar-refractivity contribution < 1.29 is 0 Å². The molecule has 5 nitrogen and oxygen atoms in total. The molecule has 5 rings (SSSR count). The number of benzene rings is 2. The molecule has 0 bridgehead atoms. The van der Waals surface area contributed by atoms with Crippen molar-refractivity contribution in [1.29, 1.82) is 0 Å². The summed E-state index contributed by atoms with van der Waals surface area (Å²) < 4.78 is 4.29. The van der Waals surface area contributed by atoms with Gasteiger partial charge in [-0.05, 0) is 49.7 Å². The van der Waals surface area contributed by atoms with Gasteiger partial charge in [-0.15, -0.1) is 0 Å². The first-order valence-corrected chi connectivity index (χ1v) is 10.3. The summed E-state index contributed by atoms with van der Waals surface area (Å²) >= 11 is 0. The molecule has 1 saturated heterocycles. The summed E-state index contributed by atoms with van der Waals surface area (Å²) in [6.45, 7) is 7.00. The number of hydrogen-bond donors (Lipinski definition) is 1. The summed E-state index contributed by atoms with van der Waals surface area (Å²) in [4.78, 5) is 2.49. The van der Waals surface area contributed by atoms with Gasteiger partial charge in [-0.2, -0.15) is 5.10 Å². The van der Waals surface area contributed by atoms with E-state index in [1.807, 2.05) is 0 Å². The Bertz CT molecular complexity index is 1170. The molecule has 1 fully saturated rings. The second kappa shape index (κ2) is 7.08. The zero-order valence-electron chi connectivity index (χ0n) is 17.3. The van der Waals surface area contributed by atoms with E-state index in [-0.39, 0.29) is 6.17 Å². The van der Waals surface area contributed by atoms with E-state index >= 15 is 0 Å². The van der Waals surface area contributed by atoms with Crippen LogP contribution in [0.1, 0.15) is 17.6 Å². The first-order valence-electron chi connectivity index (χ1n) is 10.3. The second-order valence-corrected chi connectivity index (χ2v) is 8.00. The molecule has 2 aromatic heterocycles. The lowest BCUT2D eigenvalue weighted by molar-refractivity contribution is 0.335. The Morgan fingerprint density at radius 2 is 1.90 bits per heavy atom. The molecule has 2 aromatic carbocycles. The summed E-state index contributed by atoms with van der Waals surface area (Å²) in [6, 6.07) is 19.8. The minimum atomic E-state index is 0.183. The zero-order valence-corrected chi connectivity index (χ0v) is 17.3. The molecular formula is C24H27N5. The SMILES string of the molecule is Cc1cc(C)n(C2CN(c3ccccc3-c3ccc4c(ccn4C)c3)CCN2)n1. The van der Waals surface area contributed by atoms with Crippen LogP contribution in [0.5, 0.6) is 0 Å². The molecule has 29 heavy (non-hydrogen) atoms. The number of anilines is 1. The fourth-order valence-corrected chi connectivity index (χ4v) is 4.52. The fraction of sp³-hybridized carbons (Fsp3) is 0.292. The molecule has 0 saturated carbocycles. The zero-order chi connectivity index (χ0) is 20.0. The van der Waals surface area contributed by atoms with Gasteiger partial charge in [0.1, 0.15) is 6.17 Å². The van der Waals surface area contributed by atoms with Crippen LogP contribution >= 0.6 is 0 Å². The van der Waals surface area contributed by atoms with Gasteiger partial charge in [-0.1, -0.05) is 24.3 Å². The lowest BCUT2D eigenvalue weighted by Gasteiger charge is -2.36. The molecule has 0 aliphatic carbocycles. The predicted octanol–water partition coefficient (Wildman–Crippen LogP) is 4.27. The van der Waals surface area contributed by atoms with Crippen LogP contribution in [0.15, 0.2) is 60.8 Å². The van der Waals surface area contributed by atoms with E-state index in [1.165, 1.54) is 33.4 Å². The highest BCUT2D eigenvalue weighted by atomic mass is 15.4. The van der Waals surface area contributed by atoms with Crippen LogP contribution in [0, 0.1) is 13.8 Å². The summed E-state index contributed by atoms with van der Waals surface area (Å²) in [5.74, 6) is 0. The quantitative estimate of drug-likeness (QED) is 0.572. The van der Waals surface area contributed by atoms with Crippen LogP contribution < -0.4 is 10.2 Å². The summed E-state index contributed by atoms with van der Waals surface area (Å²) in [5, 5.41) is 9.61. The monoisotopic (exact) mass is 385 g/mol. The number of aryl methyl sites for hydroxylation is 3. The molecule has 0 radical (unpaired) electrons. The number of para-hydroxylation sites is 1. The first kappa shape index (κ1) is 18.0. The maximum atomic E-state index is 4.70. The topological polar surface area (TPSA) is 38.0 Å². The van der Waals surface area contributed by atoms with Gasteiger partial charge in [0.25, 0.3) is 0 Å². The summed E-state index contributed by atoms with van der Waals surface area (Å²) in [6.07, 6.45) is 2.30. The first-order chi connectivity index (χ1) is 14.1. The molecule has 1 atom stereocenters. The molecule has 1 aliphatic rings. The van der Waals surface area contributed by atoms with E-state index in [0.29, 0.717) is 0 Å². The molecule has 1 unspecified atom stereocenters. The van der Waals surface area contributed by atoms with E-state index < -0.39 is 0 Å². The fourth-order valence-electron chi connectivity index (χ4n) is 4.52. The number of piperazine rings is 1. The molecule has 4 aromatic rings. The third kappa shape index (κ3) is 3.21. The Hall–Kier alpha value is -3.05. The van der Waals surface area contributed by atoms with Crippen molar-refractivity contribution in [3.05, 3.63) is 72.2 Å². The standard InChI is InChI=1S/C24H27N5/c1-17-14-18(2)29(26-17)24-16-28(13-11-25-24)23-7-5-4-6-21(23)19-8-9-22-20(15-19)10-12-27(22)3/h4-10,12,14-15,24-25H,11,13,16H2,1-3H3. The van der Waals surface area contributed by atoms with Crippen LogP contribution in [0.2, 0.25) is 0 Å². The minimum absolute atomic E-state index is 0.183. The highest BCUT2D eigenvalue weighted by Crippen LogP contribution is 2.34. The van der Waals surface area contributed by atoms with Gasteiger partial charge in [0, 0.05) is 54.2 Å². The largest absolute Gasteiger partial charge is 0.366 e. The van der Waals surface area contributed by atoms with Crippen molar-refractivity contribution in [1.82, 2.24) is 19.7 Å². The van der Waals surface area contributed by atoms with Crippen LogP contribution in [-0.2, 0) is 7.05 Å². The van der Waals surface area contributed by atoms with E-state index in [4.69, 9.17) is 5.10 Å². The second-order valence-electron chi connectivity index (χ2n) is 8.00. The number of nitrogens with zero attached hydrogens (tertiary/aromatic N) is 4. The Balaban J connectivity index is 1.50. The van der Waals surface area contributed by atoms with E-state index in [2.05, 4.69) is 101 Å². The van der Waals surface area contributed by atoms with E-state index in [9.17, 15) is 0 Å². The van der Waals surface area contributed by atoms with Crippen molar-refractivity contribution in [3.8, 4) is 11.1 Å². The van der Waals surface area contributed by atoms with E-state index in [1.54, 1.807) is 0 Å². The molecule has 148 valence electrons. The van der Waals surface area contributed by atoms with Gasteiger partial charge in [-0.3, -0.25) is 10.00 Å². The normalized spacial score (nSPS) is 17.2. The van der Waals surface area contributed by atoms with Crippen LogP contribution in [0.25, 0.3) is 22.0 Å². The highest BCUT2D eigenvalue weighted by molar-refractivity contribution is 5.88. The highest BCUT2D eigenvalue weighted by Gasteiger charge is 2.24. The number of hydrogen-bond acceptors (Lipinski definition) is 3. The van der Waals surface area contributed by atoms with Gasteiger partial charge in [0.05, 0.1) is 12.2 Å². The Kier molecular flexibility index (Phi) is 4.40. The van der Waals surface area contributed by atoms with Gasteiger partial charge in [0.15, 0.2) is 0 Å². The van der Waals surface area contributed by atoms with Crippen LogP contribution in [-0.4, -0.2) is 34.0 Å². The molecule has 1 N–H and O–H groups in total. The van der Waals surface area contributed by atoms with Crippen molar-refractivity contribution in [3.63, 3.8) is 0 Å². The van der Waals surface area contributed by atoms with Crippen molar-refractivity contribution in [2.24, 2.45) is 7.05 Å². The third-order valence-corrected chi connectivity index (χ3v) is 5.94. The number of rotatable bonds is 3. The maximum Gasteiger partial charge on any atom is 0.119 e. The van der Waals surface area contributed by atoms with Gasteiger partial charge < -0.3 is 9.47 Å². The predicted molar refractivity (Wildman–Crippen MR) is 119 cm³/mol. The number of fused-ring (bicyclic) bond motifs is 1. The molecular weight excluding hydrogens is 358 g/mol. The molecule has 5 heteroatoms. The smallest absolute Gasteiger partial charge is 0.119 e. The lowest BCUT2D eigenvalue weighted by Crippen LogP contribution is -2.48. The summed E-state index contributed by atoms with van der Waals surface area (Å²) in [7, 11) is 2.09. The number of aromatic nitrogens is 3. The van der Waals surface area contributed by atoms with E-state index in [0.717, 1.165) is 25.3 Å². The van der Waals surface area contributed by atoms with Gasteiger partial charge in [0.2, 0.25) is 0 Å². The number of nitrogens with one attached hydrogen (secondary N) is 1. The third-order valence-electron chi connectivity index (χ3n) is 5.94. The van der Waals surface area contributed by atoms with Crippen molar-refractivity contribution in [2.45, 2.75) is 20.0 Å². The van der Waals surface area contributed by atoms with Gasteiger partial charge in [-0.25, -0.2) is 0 Å². The molecule has 3 heterocycles.